The Morgan fingerprint density at radius 2 is 0.795 bits per heavy atom. The summed E-state index contributed by atoms with van der Waals surface area (Å²) in [7, 11) is 0. The van der Waals surface area contributed by atoms with E-state index in [9.17, 15) is 0 Å². The van der Waals surface area contributed by atoms with Gasteiger partial charge in [-0.1, -0.05) is 168 Å². The van der Waals surface area contributed by atoms with Gasteiger partial charge in [0.2, 0.25) is 0 Å². The minimum Gasteiger partial charge on any atom is -0.234 e. The fourth-order valence-electron chi connectivity index (χ4n) is 6.15. The molecule has 39 heavy (non-hydrogen) atoms. The van der Waals surface area contributed by atoms with E-state index in [2.05, 4.69) is 42.3 Å². The van der Waals surface area contributed by atoms with Crippen LogP contribution in [0.15, 0.2) is 12.4 Å². The van der Waals surface area contributed by atoms with Crippen molar-refractivity contribution in [3.8, 4) is 0 Å². The first-order valence-corrected chi connectivity index (χ1v) is 18.4. The average Bonchev–Trinajstić information content (AvgIpc) is 3.33. The molecule has 0 saturated carbocycles. The molecule has 1 heterocycles. The molecule has 230 valence electrons. The standard InChI is InChI=1S/C37H73N2/c1-4-7-10-12-14-16-18-19-20-21-22-23-25-27-29-32-37-38(33-30-9-6-3)35-36-39(37)34-31-28-26-24-17-15-13-11-8-5-2/h35-36H,4-34H2,1-3H3/q+1. The quantitative estimate of drug-likeness (QED) is 0.0648. The molecule has 0 atom stereocenters. The zero-order valence-electron chi connectivity index (χ0n) is 27.5. The monoisotopic (exact) mass is 546 g/mol. The van der Waals surface area contributed by atoms with Crippen molar-refractivity contribution in [2.24, 2.45) is 0 Å². The van der Waals surface area contributed by atoms with Gasteiger partial charge in [0.25, 0.3) is 5.82 Å². The molecule has 0 N–H and O–H groups in total. The molecule has 0 aliphatic rings. The van der Waals surface area contributed by atoms with Gasteiger partial charge in [0.15, 0.2) is 0 Å². The summed E-state index contributed by atoms with van der Waals surface area (Å²) >= 11 is 0. The van der Waals surface area contributed by atoms with Gasteiger partial charge < -0.3 is 0 Å². The summed E-state index contributed by atoms with van der Waals surface area (Å²) in [5.41, 5.74) is 0. The van der Waals surface area contributed by atoms with Crippen LogP contribution in [0.25, 0.3) is 0 Å². The predicted octanol–water partition coefficient (Wildman–Crippen LogP) is 12.3. The second-order valence-electron chi connectivity index (χ2n) is 12.7. The molecule has 1 aromatic heterocycles. The van der Waals surface area contributed by atoms with E-state index in [0.717, 1.165) is 0 Å². The van der Waals surface area contributed by atoms with Crippen LogP contribution in [0, 0.1) is 0 Å². The van der Waals surface area contributed by atoms with E-state index in [1.807, 2.05) is 0 Å². The third-order valence-corrected chi connectivity index (χ3v) is 8.85. The zero-order valence-corrected chi connectivity index (χ0v) is 27.5. The maximum Gasteiger partial charge on any atom is 0.256 e. The smallest absolute Gasteiger partial charge is 0.234 e. The minimum absolute atomic E-state index is 1.22. The molecule has 1 rings (SSSR count). The number of hydrogen-bond donors (Lipinski definition) is 0. The third-order valence-electron chi connectivity index (χ3n) is 8.85. The topological polar surface area (TPSA) is 8.81 Å². The molecule has 0 spiro atoms. The third kappa shape index (κ3) is 21.6. The molecule has 0 bridgehead atoms. The molecule has 2 heteroatoms. The van der Waals surface area contributed by atoms with E-state index in [4.69, 9.17) is 0 Å². The molecule has 0 radical (unpaired) electrons. The first kappa shape index (κ1) is 36.2. The Labute approximate surface area is 247 Å². The lowest BCUT2D eigenvalue weighted by Gasteiger charge is -2.07. The summed E-state index contributed by atoms with van der Waals surface area (Å²) in [4.78, 5) is 0. The Hall–Kier alpha value is -0.790. The van der Waals surface area contributed by atoms with E-state index in [1.165, 1.54) is 199 Å². The lowest BCUT2D eigenvalue weighted by Crippen LogP contribution is -2.37. The second kappa shape index (κ2) is 28.7. The van der Waals surface area contributed by atoms with Crippen LogP contribution in [0.1, 0.15) is 206 Å². The summed E-state index contributed by atoms with van der Waals surface area (Å²) in [5.74, 6) is 1.61. The SMILES string of the molecule is CCCCCCCCCCCCCCCCCc1n(CCCCCCCCCCCC)cc[n+]1CCCCC. The maximum atomic E-state index is 2.61. The van der Waals surface area contributed by atoms with Crippen LogP contribution < -0.4 is 4.57 Å². The van der Waals surface area contributed by atoms with E-state index >= 15 is 0 Å². The Morgan fingerprint density at radius 3 is 1.23 bits per heavy atom. The highest BCUT2D eigenvalue weighted by atomic mass is 15.1. The van der Waals surface area contributed by atoms with Gasteiger partial charge in [-0.3, -0.25) is 0 Å². The lowest BCUT2D eigenvalue weighted by atomic mass is 10.0. The number of unbranched alkanes of at least 4 members (excludes halogenated alkanes) is 25. The van der Waals surface area contributed by atoms with Crippen molar-refractivity contribution >= 4 is 0 Å². The summed E-state index contributed by atoms with van der Waals surface area (Å²) in [5, 5.41) is 0. The van der Waals surface area contributed by atoms with Gasteiger partial charge in [0.1, 0.15) is 12.4 Å². The van der Waals surface area contributed by atoms with Gasteiger partial charge in [0, 0.05) is 6.42 Å². The fourth-order valence-corrected chi connectivity index (χ4v) is 6.15. The molecule has 0 unspecified atom stereocenters. The first-order chi connectivity index (χ1) is 19.3. The lowest BCUT2D eigenvalue weighted by molar-refractivity contribution is -0.704. The number of aryl methyl sites for hydroxylation is 2. The van der Waals surface area contributed by atoms with E-state index < -0.39 is 0 Å². The van der Waals surface area contributed by atoms with Gasteiger partial charge in [-0.2, -0.15) is 0 Å². The molecule has 0 amide bonds. The number of hydrogen-bond acceptors (Lipinski definition) is 0. The van der Waals surface area contributed by atoms with Gasteiger partial charge in [0.05, 0.1) is 13.1 Å². The maximum absolute atomic E-state index is 2.61. The van der Waals surface area contributed by atoms with Crippen LogP contribution in [-0.4, -0.2) is 4.57 Å². The molecule has 0 saturated heterocycles. The molecular formula is C37H73N2+. The molecule has 1 aromatic rings. The second-order valence-corrected chi connectivity index (χ2v) is 12.7. The van der Waals surface area contributed by atoms with E-state index in [0.29, 0.717) is 0 Å². The molecular weight excluding hydrogens is 472 g/mol. The Kier molecular flexibility index (Phi) is 26.7. The van der Waals surface area contributed by atoms with Crippen LogP contribution in [-0.2, 0) is 19.5 Å². The minimum atomic E-state index is 1.22. The van der Waals surface area contributed by atoms with Crippen LogP contribution in [0.5, 0.6) is 0 Å². The number of aromatic nitrogens is 2. The molecule has 0 aliphatic carbocycles. The average molecular weight is 546 g/mol. The van der Waals surface area contributed by atoms with Crippen molar-refractivity contribution in [3.05, 3.63) is 18.2 Å². The fraction of sp³-hybridized carbons (Fsp3) is 0.919. The number of imidazole rings is 1. The highest BCUT2D eigenvalue weighted by Gasteiger charge is 2.16. The van der Waals surface area contributed by atoms with Gasteiger partial charge >= 0.3 is 0 Å². The van der Waals surface area contributed by atoms with Crippen molar-refractivity contribution in [2.75, 3.05) is 0 Å². The van der Waals surface area contributed by atoms with Crippen LogP contribution in [0.3, 0.4) is 0 Å². The van der Waals surface area contributed by atoms with Crippen molar-refractivity contribution in [1.29, 1.82) is 0 Å². The van der Waals surface area contributed by atoms with E-state index in [-0.39, 0.29) is 0 Å². The number of nitrogens with zero attached hydrogens (tertiary/aromatic N) is 2. The summed E-state index contributed by atoms with van der Waals surface area (Å²) in [6, 6.07) is 0. The van der Waals surface area contributed by atoms with Crippen LogP contribution in [0.4, 0.5) is 0 Å². The Morgan fingerprint density at radius 1 is 0.436 bits per heavy atom. The number of rotatable bonds is 31. The first-order valence-electron chi connectivity index (χ1n) is 18.4. The van der Waals surface area contributed by atoms with Crippen molar-refractivity contribution in [2.45, 2.75) is 220 Å². The Balaban J connectivity index is 2.15. The van der Waals surface area contributed by atoms with Gasteiger partial charge in [-0.15, -0.1) is 0 Å². The highest BCUT2D eigenvalue weighted by molar-refractivity contribution is 4.84. The largest absolute Gasteiger partial charge is 0.256 e. The summed E-state index contributed by atoms with van der Waals surface area (Å²) in [6.45, 7) is 9.38. The Bertz CT molecular complexity index is 605. The van der Waals surface area contributed by atoms with E-state index in [1.54, 1.807) is 5.82 Å². The normalized spacial score (nSPS) is 11.6. The molecule has 0 aromatic carbocycles. The van der Waals surface area contributed by atoms with Crippen molar-refractivity contribution < 1.29 is 4.57 Å². The van der Waals surface area contributed by atoms with Crippen LogP contribution >= 0.6 is 0 Å². The molecule has 0 aliphatic heterocycles. The summed E-state index contributed by atoms with van der Waals surface area (Å²) < 4.78 is 5.20. The van der Waals surface area contributed by atoms with Gasteiger partial charge in [-0.25, -0.2) is 9.13 Å². The zero-order chi connectivity index (χ0) is 28.1. The van der Waals surface area contributed by atoms with Crippen LogP contribution in [0.2, 0.25) is 0 Å². The molecule has 0 fully saturated rings. The van der Waals surface area contributed by atoms with Crippen molar-refractivity contribution in [1.82, 2.24) is 4.57 Å². The predicted molar refractivity (Wildman–Crippen MR) is 175 cm³/mol. The highest BCUT2D eigenvalue weighted by Crippen LogP contribution is 2.15. The molecule has 2 nitrogen and oxygen atoms in total. The summed E-state index contributed by atoms with van der Waals surface area (Å²) in [6.07, 6.45) is 46.0. The van der Waals surface area contributed by atoms with Crippen molar-refractivity contribution in [3.63, 3.8) is 0 Å². The van der Waals surface area contributed by atoms with Gasteiger partial charge in [-0.05, 0) is 32.1 Å².